The average molecular weight is 300 g/mol. The second kappa shape index (κ2) is 8.91. The summed E-state index contributed by atoms with van der Waals surface area (Å²) in [7, 11) is 0. The van der Waals surface area contributed by atoms with E-state index in [2.05, 4.69) is 31.2 Å². The molecule has 0 saturated carbocycles. The van der Waals surface area contributed by atoms with E-state index in [4.69, 9.17) is 0 Å². The Kier molecular flexibility index (Phi) is 6.84. The Morgan fingerprint density at radius 2 is 1.52 bits per heavy atom. The molecule has 0 unspecified atom stereocenters. The molecular formula is C19H24OS. The number of aliphatic hydroxyl groups is 1. The molecule has 0 spiro atoms. The van der Waals surface area contributed by atoms with Crippen LogP contribution in [0.1, 0.15) is 44.3 Å². The fourth-order valence-corrected chi connectivity index (χ4v) is 3.65. The molecule has 0 aromatic heterocycles. The number of thioether (sulfide) groups is 1. The Morgan fingerprint density at radius 3 is 2.14 bits per heavy atom. The highest BCUT2D eigenvalue weighted by molar-refractivity contribution is 8.00. The van der Waals surface area contributed by atoms with Gasteiger partial charge >= 0.3 is 0 Å². The van der Waals surface area contributed by atoms with Crippen LogP contribution in [-0.2, 0) is 0 Å². The van der Waals surface area contributed by atoms with Crippen LogP contribution in [0.2, 0.25) is 0 Å². The minimum Gasteiger partial charge on any atom is -0.387 e. The van der Waals surface area contributed by atoms with Gasteiger partial charge in [-0.15, -0.1) is 11.8 Å². The van der Waals surface area contributed by atoms with E-state index >= 15 is 0 Å². The summed E-state index contributed by atoms with van der Waals surface area (Å²) in [4.78, 5) is 1.23. The highest BCUT2D eigenvalue weighted by atomic mass is 32.2. The van der Waals surface area contributed by atoms with Gasteiger partial charge in [-0.2, -0.15) is 0 Å². The maximum atomic E-state index is 10.7. The standard InChI is InChI=1S/C19H24OS/c1-2-3-6-15-18(21-17-13-9-5-10-14-17)19(20)16-11-7-4-8-12-16/h4-5,7-14,18-20H,2-3,6,15H2,1H3/t18-,19+/m1/s1. The fourth-order valence-electron chi connectivity index (χ4n) is 2.42. The molecule has 112 valence electrons. The second-order valence-corrected chi connectivity index (χ2v) is 6.63. The van der Waals surface area contributed by atoms with E-state index in [9.17, 15) is 5.11 Å². The minimum absolute atomic E-state index is 0.210. The average Bonchev–Trinajstić information content (AvgIpc) is 2.55. The smallest absolute Gasteiger partial charge is 0.0912 e. The van der Waals surface area contributed by atoms with Crippen LogP contribution >= 0.6 is 11.8 Å². The van der Waals surface area contributed by atoms with Gasteiger partial charge in [-0.3, -0.25) is 0 Å². The van der Waals surface area contributed by atoms with Crippen molar-refractivity contribution >= 4 is 11.8 Å². The van der Waals surface area contributed by atoms with Crippen LogP contribution in [-0.4, -0.2) is 10.4 Å². The third kappa shape index (κ3) is 5.22. The Bertz CT molecular complexity index is 497. The van der Waals surface area contributed by atoms with E-state index in [0.717, 1.165) is 12.0 Å². The first kappa shape index (κ1) is 16.1. The summed E-state index contributed by atoms with van der Waals surface area (Å²) in [6.45, 7) is 2.22. The molecule has 2 aromatic carbocycles. The van der Waals surface area contributed by atoms with Crippen molar-refractivity contribution in [3.8, 4) is 0 Å². The van der Waals surface area contributed by atoms with Gasteiger partial charge in [0.1, 0.15) is 0 Å². The quantitative estimate of drug-likeness (QED) is 0.516. The van der Waals surface area contributed by atoms with E-state index < -0.39 is 6.10 Å². The Morgan fingerprint density at radius 1 is 0.905 bits per heavy atom. The Hall–Kier alpha value is -1.25. The minimum atomic E-state index is -0.409. The van der Waals surface area contributed by atoms with Gasteiger partial charge < -0.3 is 5.11 Å². The van der Waals surface area contributed by atoms with Crippen molar-refractivity contribution in [2.75, 3.05) is 0 Å². The Labute approximate surface area is 132 Å². The summed E-state index contributed by atoms with van der Waals surface area (Å²) < 4.78 is 0. The lowest BCUT2D eigenvalue weighted by Gasteiger charge is -2.23. The molecule has 1 N–H and O–H groups in total. The molecule has 0 aliphatic heterocycles. The summed E-state index contributed by atoms with van der Waals surface area (Å²) >= 11 is 1.79. The van der Waals surface area contributed by atoms with Gasteiger partial charge in [0.25, 0.3) is 0 Å². The van der Waals surface area contributed by atoms with E-state index in [1.165, 1.54) is 24.2 Å². The number of benzene rings is 2. The molecular weight excluding hydrogens is 276 g/mol. The third-order valence-electron chi connectivity index (χ3n) is 3.62. The molecule has 2 aromatic rings. The molecule has 0 aliphatic rings. The lowest BCUT2D eigenvalue weighted by Crippen LogP contribution is -2.15. The second-order valence-electron chi connectivity index (χ2n) is 5.32. The lowest BCUT2D eigenvalue weighted by molar-refractivity contribution is 0.170. The van der Waals surface area contributed by atoms with Crippen LogP contribution in [0, 0.1) is 0 Å². The third-order valence-corrected chi connectivity index (χ3v) is 4.96. The highest BCUT2D eigenvalue weighted by Gasteiger charge is 2.21. The molecule has 2 rings (SSSR count). The van der Waals surface area contributed by atoms with Gasteiger partial charge in [-0.25, -0.2) is 0 Å². The summed E-state index contributed by atoms with van der Waals surface area (Å²) in [6.07, 6.45) is 4.25. The topological polar surface area (TPSA) is 20.2 Å². The van der Waals surface area contributed by atoms with Crippen molar-refractivity contribution in [3.05, 3.63) is 66.2 Å². The first-order valence-electron chi connectivity index (χ1n) is 7.76. The van der Waals surface area contributed by atoms with Crippen LogP contribution < -0.4 is 0 Å². The molecule has 0 aliphatic carbocycles. The summed E-state index contributed by atoms with van der Waals surface area (Å²) in [5, 5.41) is 10.9. The molecule has 2 heteroatoms. The van der Waals surface area contributed by atoms with Crippen molar-refractivity contribution in [3.63, 3.8) is 0 Å². The maximum absolute atomic E-state index is 10.7. The molecule has 0 bridgehead atoms. The molecule has 0 fully saturated rings. The van der Waals surface area contributed by atoms with Crippen LogP contribution in [0.25, 0.3) is 0 Å². The molecule has 0 saturated heterocycles. The zero-order valence-corrected chi connectivity index (χ0v) is 13.4. The highest BCUT2D eigenvalue weighted by Crippen LogP contribution is 2.35. The number of hydrogen-bond acceptors (Lipinski definition) is 2. The first-order valence-corrected chi connectivity index (χ1v) is 8.64. The van der Waals surface area contributed by atoms with Crippen molar-refractivity contribution in [2.45, 2.75) is 48.9 Å². The molecule has 1 nitrogen and oxygen atoms in total. The zero-order chi connectivity index (χ0) is 14.9. The maximum Gasteiger partial charge on any atom is 0.0912 e. The van der Waals surface area contributed by atoms with Crippen molar-refractivity contribution in [1.29, 1.82) is 0 Å². The number of unbranched alkanes of at least 4 members (excludes halogenated alkanes) is 2. The molecule has 0 radical (unpaired) electrons. The number of aliphatic hydroxyl groups excluding tert-OH is 1. The van der Waals surface area contributed by atoms with Gasteiger partial charge in [0, 0.05) is 10.1 Å². The van der Waals surface area contributed by atoms with Crippen LogP contribution in [0.5, 0.6) is 0 Å². The van der Waals surface area contributed by atoms with Crippen molar-refractivity contribution in [2.24, 2.45) is 0 Å². The number of hydrogen-bond donors (Lipinski definition) is 1. The molecule has 0 amide bonds. The molecule has 2 atom stereocenters. The van der Waals surface area contributed by atoms with Crippen molar-refractivity contribution < 1.29 is 5.11 Å². The Balaban J connectivity index is 2.07. The molecule has 0 heterocycles. The van der Waals surface area contributed by atoms with E-state index in [1.807, 2.05) is 36.4 Å². The summed E-state index contributed by atoms with van der Waals surface area (Å²) in [6, 6.07) is 20.4. The zero-order valence-electron chi connectivity index (χ0n) is 12.6. The largest absolute Gasteiger partial charge is 0.387 e. The normalized spacial score (nSPS) is 13.8. The summed E-state index contributed by atoms with van der Waals surface area (Å²) in [5.41, 5.74) is 1.02. The predicted octanol–water partition coefficient (Wildman–Crippen LogP) is 5.46. The van der Waals surface area contributed by atoms with Gasteiger partial charge in [-0.1, -0.05) is 74.7 Å². The van der Waals surface area contributed by atoms with Crippen LogP contribution in [0.4, 0.5) is 0 Å². The SMILES string of the molecule is CCCCC[C@@H](Sc1ccccc1)[C@@H](O)c1ccccc1. The number of rotatable bonds is 8. The summed E-state index contributed by atoms with van der Waals surface area (Å²) in [5.74, 6) is 0. The van der Waals surface area contributed by atoms with Gasteiger partial charge in [-0.05, 0) is 24.1 Å². The van der Waals surface area contributed by atoms with Gasteiger partial charge in [0.15, 0.2) is 0 Å². The van der Waals surface area contributed by atoms with Crippen LogP contribution in [0.15, 0.2) is 65.6 Å². The fraction of sp³-hybridized carbons (Fsp3) is 0.368. The van der Waals surface area contributed by atoms with E-state index in [0.29, 0.717) is 0 Å². The van der Waals surface area contributed by atoms with E-state index in [1.54, 1.807) is 11.8 Å². The van der Waals surface area contributed by atoms with Crippen LogP contribution in [0.3, 0.4) is 0 Å². The monoisotopic (exact) mass is 300 g/mol. The van der Waals surface area contributed by atoms with E-state index in [-0.39, 0.29) is 5.25 Å². The van der Waals surface area contributed by atoms with Gasteiger partial charge in [0.2, 0.25) is 0 Å². The lowest BCUT2D eigenvalue weighted by atomic mass is 10.0. The van der Waals surface area contributed by atoms with Crippen molar-refractivity contribution in [1.82, 2.24) is 0 Å². The molecule has 21 heavy (non-hydrogen) atoms. The van der Waals surface area contributed by atoms with Gasteiger partial charge in [0.05, 0.1) is 6.10 Å². The first-order chi connectivity index (χ1) is 10.3. The predicted molar refractivity (Wildman–Crippen MR) is 91.6 cm³/mol.